The summed E-state index contributed by atoms with van der Waals surface area (Å²) in [5, 5.41) is 3.30. The van der Waals surface area contributed by atoms with Gasteiger partial charge in [-0.15, -0.1) is 0 Å². The molecule has 4 nitrogen and oxygen atoms in total. The predicted octanol–water partition coefficient (Wildman–Crippen LogP) is 3.57. The fourth-order valence-corrected chi connectivity index (χ4v) is 2.35. The molecule has 0 saturated heterocycles. The smallest absolute Gasteiger partial charge is 0.140 e. The molecule has 2 rings (SSSR count). The number of benzene rings is 1. The van der Waals surface area contributed by atoms with Crippen molar-refractivity contribution in [3.8, 4) is 0 Å². The van der Waals surface area contributed by atoms with Crippen LogP contribution in [-0.2, 0) is 17.9 Å². The van der Waals surface area contributed by atoms with Crippen molar-refractivity contribution in [3.05, 3.63) is 52.1 Å². The van der Waals surface area contributed by atoms with Crippen LogP contribution in [0.25, 0.3) is 0 Å². The maximum Gasteiger partial charge on any atom is 0.140 e. The number of anilines is 2. The Hall–Kier alpha value is -1.59. The molecule has 0 atom stereocenters. The van der Waals surface area contributed by atoms with Gasteiger partial charge in [0.1, 0.15) is 5.82 Å². The first-order valence-corrected chi connectivity index (χ1v) is 7.29. The van der Waals surface area contributed by atoms with Crippen molar-refractivity contribution in [1.82, 2.24) is 4.98 Å². The third-order valence-corrected chi connectivity index (χ3v) is 3.49. The molecule has 0 unspecified atom stereocenters. The maximum atomic E-state index is 5.68. The highest BCUT2D eigenvalue weighted by Crippen LogP contribution is 2.22. The van der Waals surface area contributed by atoms with Gasteiger partial charge in [-0.25, -0.2) is 4.98 Å². The highest BCUT2D eigenvalue weighted by Gasteiger charge is 2.05. The van der Waals surface area contributed by atoms with Gasteiger partial charge in [0.2, 0.25) is 0 Å². The lowest BCUT2D eigenvalue weighted by Crippen LogP contribution is -2.06. The maximum absolute atomic E-state index is 5.68. The minimum absolute atomic E-state index is 0.630. The van der Waals surface area contributed by atoms with Crippen molar-refractivity contribution in [2.45, 2.75) is 20.1 Å². The number of ether oxygens (including phenoxy) is 1. The lowest BCUT2D eigenvalue weighted by Gasteiger charge is -2.12. The Morgan fingerprint density at radius 2 is 2.05 bits per heavy atom. The van der Waals surface area contributed by atoms with Crippen molar-refractivity contribution in [3.63, 3.8) is 0 Å². The van der Waals surface area contributed by atoms with Crippen LogP contribution in [0.1, 0.15) is 18.1 Å². The Bertz CT molecular complexity index is 575. The van der Waals surface area contributed by atoms with Crippen LogP contribution in [0, 0.1) is 0 Å². The number of nitrogens with zero attached hydrogens (tertiary/aromatic N) is 1. The minimum atomic E-state index is 0.630. The topological polar surface area (TPSA) is 60.2 Å². The number of nitrogens with two attached hydrogens (primary N) is 1. The van der Waals surface area contributed by atoms with Gasteiger partial charge in [-0.05, 0) is 40.0 Å². The van der Waals surface area contributed by atoms with Gasteiger partial charge in [0.25, 0.3) is 0 Å². The molecule has 0 aliphatic rings. The fourth-order valence-electron chi connectivity index (χ4n) is 1.84. The van der Waals surface area contributed by atoms with Crippen LogP contribution in [0.3, 0.4) is 0 Å². The van der Waals surface area contributed by atoms with Gasteiger partial charge in [0.15, 0.2) is 0 Å². The van der Waals surface area contributed by atoms with Crippen LogP contribution in [0.15, 0.2) is 41.0 Å². The summed E-state index contributed by atoms with van der Waals surface area (Å²) < 4.78 is 6.34. The van der Waals surface area contributed by atoms with Crippen LogP contribution in [-0.4, -0.2) is 11.6 Å². The average Bonchev–Trinajstić information content (AvgIpc) is 2.45. The number of nitrogen functional groups attached to an aromatic ring is 1. The molecule has 0 amide bonds. The van der Waals surface area contributed by atoms with Crippen LogP contribution < -0.4 is 11.1 Å². The lowest BCUT2D eigenvalue weighted by molar-refractivity contribution is 0.133. The summed E-state index contributed by atoms with van der Waals surface area (Å²) in [7, 11) is 0. The molecule has 0 saturated carbocycles. The Kier molecular flexibility index (Phi) is 5.38. The third kappa shape index (κ3) is 3.95. The highest BCUT2D eigenvalue weighted by molar-refractivity contribution is 9.10. The Morgan fingerprint density at radius 3 is 2.75 bits per heavy atom. The van der Waals surface area contributed by atoms with E-state index in [-0.39, 0.29) is 0 Å². The van der Waals surface area contributed by atoms with E-state index in [4.69, 9.17) is 10.5 Å². The second-order valence-corrected chi connectivity index (χ2v) is 5.21. The molecular weight excluding hydrogens is 318 g/mol. The number of aromatic nitrogens is 1. The van der Waals surface area contributed by atoms with Gasteiger partial charge in [0, 0.05) is 13.2 Å². The molecule has 1 aromatic carbocycles. The monoisotopic (exact) mass is 335 g/mol. The number of nitrogens with one attached hydrogen (secondary N) is 1. The van der Waals surface area contributed by atoms with Gasteiger partial charge < -0.3 is 15.8 Å². The highest BCUT2D eigenvalue weighted by atomic mass is 79.9. The molecule has 0 bridgehead atoms. The molecule has 106 valence electrons. The molecule has 1 heterocycles. The number of pyridine rings is 1. The Labute approximate surface area is 127 Å². The number of rotatable bonds is 6. The molecule has 1 aromatic heterocycles. The number of hydrogen-bond donors (Lipinski definition) is 2. The van der Waals surface area contributed by atoms with Gasteiger partial charge in [-0.1, -0.05) is 24.3 Å². The van der Waals surface area contributed by atoms with Crippen molar-refractivity contribution in [2.24, 2.45) is 0 Å². The molecule has 20 heavy (non-hydrogen) atoms. The number of halogens is 1. The van der Waals surface area contributed by atoms with Gasteiger partial charge in [-0.3, -0.25) is 0 Å². The van der Waals surface area contributed by atoms with E-state index in [0.29, 0.717) is 25.4 Å². The summed E-state index contributed by atoms with van der Waals surface area (Å²) in [6.45, 7) is 4.03. The zero-order valence-electron chi connectivity index (χ0n) is 11.4. The lowest BCUT2D eigenvalue weighted by atomic mass is 10.1. The van der Waals surface area contributed by atoms with E-state index in [9.17, 15) is 0 Å². The normalized spacial score (nSPS) is 10.5. The zero-order valence-corrected chi connectivity index (χ0v) is 13.0. The van der Waals surface area contributed by atoms with Crippen LogP contribution in [0.4, 0.5) is 11.5 Å². The summed E-state index contributed by atoms with van der Waals surface area (Å²) in [6.07, 6.45) is 1.64. The van der Waals surface area contributed by atoms with Crippen molar-refractivity contribution in [1.29, 1.82) is 0 Å². The summed E-state index contributed by atoms with van der Waals surface area (Å²) >= 11 is 3.45. The number of hydrogen-bond acceptors (Lipinski definition) is 4. The second kappa shape index (κ2) is 7.26. The molecule has 2 aromatic rings. The molecule has 0 fully saturated rings. The molecule has 5 heteroatoms. The predicted molar refractivity (Wildman–Crippen MR) is 85.4 cm³/mol. The first kappa shape index (κ1) is 14.8. The van der Waals surface area contributed by atoms with Crippen molar-refractivity contribution < 1.29 is 4.74 Å². The molecule has 3 N–H and O–H groups in total. The van der Waals surface area contributed by atoms with Crippen molar-refractivity contribution >= 4 is 27.4 Å². The minimum Gasteiger partial charge on any atom is -0.397 e. The second-order valence-electron chi connectivity index (χ2n) is 4.36. The van der Waals surface area contributed by atoms with Crippen LogP contribution in [0.2, 0.25) is 0 Å². The Morgan fingerprint density at radius 1 is 1.30 bits per heavy atom. The van der Waals surface area contributed by atoms with Crippen LogP contribution >= 0.6 is 15.9 Å². The van der Waals surface area contributed by atoms with Crippen LogP contribution in [0.5, 0.6) is 0 Å². The summed E-state index contributed by atoms with van der Waals surface area (Å²) in [6, 6.07) is 10.1. The van der Waals surface area contributed by atoms with Crippen molar-refractivity contribution in [2.75, 3.05) is 17.7 Å². The first-order valence-electron chi connectivity index (χ1n) is 6.50. The summed E-state index contributed by atoms with van der Waals surface area (Å²) in [4.78, 5) is 4.27. The largest absolute Gasteiger partial charge is 0.397 e. The van der Waals surface area contributed by atoms with E-state index < -0.39 is 0 Å². The van der Waals surface area contributed by atoms with E-state index in [1.165, 1.54) is 11.1 Å². The Balaban J connectivity index is 2.06. The standard InChI is InChI=1S/C15H18BrN3O/c1-2-20-10-12-6-4-3-5-11(12)8-18-15-14(16)7-13(17)9-19-15/h3-7,9H,2,8,10,17H2,1H3,(H,18,19). The van der Waals surface area contributed by atoms with E-state index >= 15 is 0 Å². The molecular formula is C15H18BrN3O. The first-order chi connectivity index (χ1) is 9.70. The average molecular weight is 336 g/mol. The quantitative estimate of drug-likeness (QED) is 0.847. The summed E-state index contributed by atoms with van der Waals surface area (Å²) in [5.74, 6) is 0.783. The van der Waals surface area contributed by atoms with E-state index in [2.05, 4.69) is 38.4 Å². The molecule has 0 aliphatic heterocycles. The van der Waals surface area contributed by atoms with E-state index in [1.807, 2.05) is 25.1 Å². The van der Waals surface area contributed by atoms with E-state index in [0.717, 1.165) is 10.3 Å². The zero-order chi connectivity index (χ0) is 14.4. The third-order valence-electron chi connectivity index (χ3n) is 2.89. The molecule has 0 radical (unpaired) electrons. The SMILES string of the molecule is CCOCc1ccccc1CNc1ncc(N)cc1Br. The molecule has 0 aliphatic carbocycles. The molecule has 0 spiro atoms. The summed E-state index contributed by atoms with van der Waals surface area (Å²) in [5.41, 5.74) is 8.70. The fraction of sp³-hybridized carbons (Fsp3) is 0.267. The van der Waals surface area contributed by atoms with Gasteiger partial charge in [-0.2, -0.15) is 0 Å². The van der Waals surface area contributed by atoms with E-state index in [1.54, 1.807) is 6.20 Å². The van der Waals surface area contributed by atoms with Gasteiger partial charge in [0.05, 0.1) is 23.0 Å². The van der Waals surface area contributed by atoms with Gasteiger partial charge >= 0.3 is 0 Å².